The molecule has 5 aromatic carbocycles. The summed E-state index contributed by atoms with van der Waals surface area (Å²) >= 11 is 1.87. The quantitative estimate of drug-likeness (QED) is 0.176. The van der Waals surface area contributed by atoms with Crippen molar-refractivity contribution in [3.8, 4) is 34.0 Å². The molecule has 0 bridgehead atoms. The zero-order valence-electron chi connectivity index (χ0n) is 23.8. The van der Waals surface area contributed by atoms with Gasteiger partial charge in [0, 0.05) is 25.6 Å². The lowest BCUT2D eigenvalue weighted by Gasteiger charge is -2.32. The maximum Gasteiger partial charge on any atom is 0.397 e. The van der Waals surface area contributed by atoms with Gasteiger partial charge in [0.15, 0.2) is 11.3 Å². The van der Waals surface area contributed by atoms with Crippen LogP contribution < -0.4 is 14.0 Å². The van der Waals surface area contributed by atoms with Crippen molar-refractivity contribution in [1.29, 1.82) is 0 Å². The number of pyridine rings is 1. The van der Waals surface area contributed by atoms with Crippen molar-refractivity contribution in [2.24, 2.45) is 0 Å². The minimum Gasteiger partial charge on any atom is -0.456 e. The predicted molar refractivity (Wildman–Crippen MR) is 177 cm³/mol. The molecule has 7 heterocycles. The Morgan fingerprint density at radius 1 is 0.622 bits per heavy atom. The molecule has 1 unspecified atom stereocenters. The van der Waals surface area contributed by atoms with Crippen LogP contribution in [0, 0.1) is 0 Å². The monoisotopic (exact) mass is 594 g/mol. The summed E-state index contributed by atoms with van der Waals surface area (Å²) in [5.41, 5.74) is 8.73. The molecule has 1 spiro atoms. The number of nitrogens with zero attached hydrogens (tertiary/aromatic N) is 4. The molecule has 9 aromatic rings. The van der Waals surface area contributed by atoms with Crippen molar-refractivity contribution < 1.29 is 14.0 Å². The normalized spacial score (nSPS) is 16.7. The summed E-state index contributed by atoms with van der Waals surface area (Å²) in [5, 5.41) is 5.13. The van der Waals surface area contributed by atoms with Gasteiger partial charge in [-0.25, -0.2) is 0 Å². The predicted octanol–water partition coefficient (Wildman–Crippen LogP) is 8.21. The van der Waals surface area contributed by atoms with E-state index in [1.165, 1.54) is 58.8 Å². The molecular formula is C39H22N4OS+2. The van der Waals surface area contributed by atoms with Crippen LogP contribution in [0.1, 0.15) is 11.1 Å². The lowest BCUT2D eigenvalue weighted by atomic mass is 9.84. The number of hydrogen-bond donors (Lipinski definition) is 0. The van der Waals surface area contributed by atoms with Crippen molar-refractivity contribution in [3.05, 3.63) is 145 Å². The van der Waals surface area contributed by atoms with E-state index in [9.17, 15) is 0 Å². The molecule has 5 nitrogen and oxygen atoms in total. The van der Waals surface area contributed by atoms with E-state index in [4.69, 9.17) is 4.74 Å². The minimum atomic E-state index is -0.667. The van der Waals surface area contributed by atoms with E-state index in [0.717, 1.165) is 28.4 Å². The summed E-state index contributed by atoms with van der Waals surface area (Å²) in [6.45, 7) is 0. The van der Waals surface area contributed by atoms with E-state index in [-0.39, 0.29) is 0 Å². The SMILES string of the molecule is c1cc2c3c(c1)-n1c4ccccc4c4ccc[n+](c41)C31c3c(cccc3-n3cc(-c4ccc5c(c4)sc4ccccc45)c[n+]31)O2. The third-order valence-corrected chi connectivity index (χ3v) is 11.3. The lowest BCUT2D eigenvalue weighted by Crippen LogP contribution is -2.76. The summed E-state index contributed by atoms with van der Waals surface area (Å²) in [6.07, 6.45) is 6.89. The molecule has 0 amide bonds. The minimum absolute atomic E-state index is 0.667. The second-order valence-electron chi connectivity index (χ2n) is 12.3. The van der Waals surface area contributed by atoms with Crippen LogP contribution in [0.5, 0.6) is 11.5 Å². The maximum atomic E-state index is 6.75. The Hall–Kier alpha value is -5.72. The smallest absolute Gasteiger partial charge is 0.397 e. The standard InChI is InChI=1S/C39H22N4OS/c1-3-11-29-25(8-1)28-10-7-19-40-38(28)43(29)31-13-6-15-33-37(31)39(40)36-30(12-5-14-32(36)44-33)41-21-24(22-42(39)41)23-17-18-27-26-9-2-4-16-34(26)45-35(27)20-23/h1-22H/q+2. The number of benzene rings is 5. The van der Waals surface area contributed by atoms with Gasteiger partial charge in [0.1, 0.15) is 28.3 Å². The molecule has 0 saturated heterocycles. The molecular weight excluding hydrogens is 573 g/mol. The van der Waals surface area contributed by atoms with Gasteiger partial charge in [0.2, 0.25) is 6.20 Å². The van der Waals surface area contributed by atoms with Gasteiger partial charge in [-0.05, 0) is 66.2 Å². The van der Waals surface area contributed by atoms with Crippen molar-refractivity contribution in [2.45, 2.75) is 5.66 Å². The van der Waals surface area contributed by atoms with E-state index in [1.54, 1.807) is 0 Å². The van der Waals surface area contributed by atoms with Gasteiger partial charge in [0.05, 0.1) is 23.3 Å². The first-order valence-corrected chi connectivity index (χ1v) is 16.1. The van der Waals surface area contributed by atoms with E-state index < -0.39 is 5.66 Å². The number of aromatic nitrogens is 4. The van der Waals surface area contributed by atoms with Crippen molar-refractivity contribution in [1.82, 2.24) is 9.25 Å². The fourth-order valence-electron chi connectivity index (χ4n) is 8.48. The Morgan fingerprint density at radius 3 is 2.29 bits per heavy atom. The average Bonchev–Trinajstić information content (AvgIpc) is 3.83. The van der Waals surface area contributed by atoms with E-state index in [2.05, 4.69) is 152 Å². The van der Waals surface area contributed by atoms with Crippen molar-refractivity contribution in [3.63, 3.8) is 0 Å². The van der Waals surface area contributed by atoms with Gasteiger partial charge in [-0.3, -0.25) is 0 Å². The van der Waals surface area contributed by atoms with Crippen LogP contribution in [-0.4, -0.2) is 9.25 Å². The van der Waals surface area contributed by atoms with Crippen LogP contribution in [0.15, 0.2) is 134 Å². The highest BCUT2D eigenvalue weighted by Crippen LogP contribution is 2.54. The van der Waals surface area contributed by atoms with Gasteiger partial charge in [-0.15, -0.1) is 16.0 Å². The summed E-state index contributed by atoms with van der Waals surface area (Å²) < 4.78 is 19.1. The summed E-state index contributed by atoms with van der Waals surface area (Å²) in [6, 6.07) is 41.8. The van der Waals surface area contributed by atoms with Gasteiger partial charge < -0.3 is 4.74 Å². The van der Waals surface area contributed by atoms with Gasteiger partial charge in [-0.1, -0.05) is 59.3 Å². The molecule has 1 atom stereocenters. The third-order valence-electron chi connectivity index (χ3n) is 10.2. The van der Waals surface area contributed by atoms with E-state index >= 15 is 0 Å². The molecule has 6 heteroatoms. The van der Waals surface area contributed by atoms with Crippen LogP contribution in [0.25, 0.3) is 64.6 Å². The highest BCUT2D eigenvalue weighted by Gasteiger charge is 2.68. The number of para-hydroxylation sites is 1. The Balaban J connectivity index is 1.22. The Kier molecular flexibility index (Phi) is 3.79. The summed E-state index contributed by atoms with van der Waals surface area (Å²) in [4.78, 5) is 0. The molecule has 0 saturated carbocycles. The zero-order chi connectivity index (χ0) is 29.0. The molecule has 0 aliphatic carbocycles. The van der Waals surface area contributed by atoms with Gasteiger partial charge in [-0.2, -0.15) is 9.13 Å². The second kappa shape index (κ2) is 7.49. The molecule has 4 aromatic heterocycles. The highest BCUT2D eigenvalue weighted by atomic mass is 32.1. The van der Waals surface area contributed by atoms with E-state index in [1.807, 2.05) is 11.3 Å². The first-order chi connectivity index (χ1) is 22.3. The number of fused-ring (bicyclic) bond motifs is 9. The van der Waals surface area contributed by atoms with Crippen LogP contribution in [0.4, 0.5) is 0 Å². The summed E-state index contributed by atoms with van der Waals surface area (Å²) in [7, 11) is 0. The first kappa shape index (κ1) is 22.8. The van der Waals surface area contributed by atoms with Gasteiger partial charge in [0.25, 0.3) is 0 Å². The highest BCUT2D eigenvalue weighted by molar-refractivity contribution is 7.25. The number of rotatable bonds is 1. The average molecular weight is 595 g/mol. The lowest BCUT2D eigenvalue weighted by molar-refractivity contribution is -0.987. The molecule has 0 fully saturated rings. The van der Waals surface area contributed by atoms with Crippen molar-refractivity contribution >= 4 is 53.4 Å². The van der Waals surface area contributed by atoms with Crippen LogP contribution in [0.2, 0.25) is 0 Å². The Morgan fingerprint density at radius 2 is 1.38 bits per heavy atom. The largest absolute Gasteiger partial charge is 0.456 e. The Bertz CT molecular complexity index is 2820. The van der Waals surface area contributed by atoms with Crippen LogP contribution >= 0.6 is 11.3 Å². The second-order valence-corrected chi connectivity index (χ2v) is 13.3. The fourth-order valence-corrected chi connectivity index (χ4v) is 9.62. The molecule has 45 heavy (non-hydrogen) atoms. The zero-order valence-corrected chi connectivity index (χ0v) is 24.6. The topological polar surface area (TPSA) is 26.8 Å². The molecule has 0 radical (unpaired) electrons. The van der Waals surface area contributed by atoms with E-state index in [0.29, 0.717) is 0 Å². The first-order valence-electron chi connectivity index (χ1n) is 15.3. The molecule has 0 N–H and O–H groups in total. The van der Waals surface area contributed by atoms with Crippen molar-refractivity contribution in [2.75, 3.05) is 0 Å². The molecule has 3 aliphatic rings. The van der Waals surface area contributed by atoms with Crippen LogP contribution in [0.3, 0.4) is 0 Å². The molecule has 208 valence electrons. The number of thiophene rings is 1. The maximum absolute atomic E-state index is 6.75. The fraction of sp³-hybridized carbons (Fsp3) is 0.0256. The van der Waals surface area contributed by atoms with Gasteiger partial charge >= 0.3 is 11.3 Å². The number of hydrogen-bond acceptors (Lipinski definition) is 2. The molecule has 12 rings (SSSR count). The summed E-state index contributed by atoms with van der Waals surface area (Å²) in [5.74, 6) is 1.79. The Labute approximate surface area is 260 Å². The van der Waals surface area contributed by atoms with Crippen LogP contribution in [-0.2, 0) is 5.66 Å². The third kappa shape index (κ3) is 2.45. The molecule has 3 aliphatic heterocycles. The number of ether oxygens (including phenoxy) is 1.